The molecule has 0 saturated heterocycles. The fraction of sp³-hybridized carbons (Fsp3) is 0.161. The first-order valence-corrected chi connectivity index (χ1v) is 12.3. The van der Waals surface area contributed by atoms with Gasteiger partial charge in [0.1, 0.15) is 5.75 Å². The average Bonchev–Trinajstić information content (AvgIpc) is 3.57. The highest BCUT2D eigenvalue weighted by Crippen LogP contribution is 2.71. The molecule has 3 atom stereocenters. The molecule has 1 amide bonds. The summed E-state index contributed by atoms with van der Waals surface area (Å²) in [6.45, 7) is 0.428. The van der Waals surface area contributed by atoms with E-state index in [1.807, 2.05) is 108 Å². The average molecular weight is 494 g/mol. The lowest BCUT2D eigenvalue weighted by atomic mass is 9.90. The number of ketones is 1. The van der Waals surface area contributed by atoms with Crippen LogP contribution in [0.15, 0.2) is 103 Å². The van der Waals surface area contributed by atoms with E-state index in [1.54, 1.807) is 7.11 Å². The number of amides is 1. The predicted octanol–water partition coefficient (Wildman–Crippen LogP) is 6.43. The van der Waals surface area contributed by atoms with Crippen molar-refractivity contribution < 1.29 is 14.3 Å². The Bertz CT molecular complexity index is 1450. The first kappa shape index (κ1) is 22.6. The van der Waals surface area contributed by atoms with Crippen LogP contribution in [-0.4, -0.2) is 18.8 Å². The highest BCUT2D eigenvalue weighted by atomic mass is 35.5. The summed E-state index contributed by atoms with van der Waals surface area (Å²) in [4.78, 5) is 30.2. The van der Waals surface area contributed by atoms with Crippen LogP contribution in [0.1, 0.15) is 33.0 Å². The SMILES string of the molecule is COc1ccc([C@@H]2[C@@H](C(=O)c3ccccc3)[C@]23C(=O)N(Cc2ccccc2)c2ccc(Cl)cc23)cc1. The number of anilines is 1. The van der Waals surface area contributed by atoms with E-state index in [0.717, 1.165) is 28.1 Å². The van der Waals surface area contributed by atoms with Crippen molar-refractivity contribution in [1.29, 1.82) is 0 Å². The molecular formula is C31H24ClNO3. The van der Waals surface area contributed by atoms with Crippen LogP contribution in [0, 0.1) is 5.92 Å². The summed E-state index contributed by atoms with van der Waals surface area (Å²) in [6.07, 6.45) is 0. The van der Waals surface area contributed by atoms with Crippen LogP contribution in [-0.2, 0) is 16.8 Å². The van der Waals surface area contributed by atoms with E-state index in [2.05, 4.69) is 0 Å². The molecule has 5 heteroatoms. The molecule has 0 radical (unpaired) electrons. The summed E-state index contributed by atoms with van der Waals surface area (Å²) >= 11 is 6.48. The van der Waals surface area contributed by atoms with Gasteiger partial charge < -0.3 is 9.64 Å². The minimum atomic E-state index is -1.00. The topological polar surface area (TPSA) is 46.6 Å². The number of fused-ring (bicyclic) bond motifs is 2. The Morgan fingerprint density at radius 1 is 0.917 bits per heavy atom. The van der Waals surface area contributed by atoms with Crippen molar-refractivity contribution in [2.45, 2.75) is 17.9 Å². The minimum Gasteiger partial charge on any atom is -0.497 e. The van der Waals surface area contributed by atoms with Gasteiger partial charge in [0.25, 0.3) is 0 Å². The Balaban J connectivity index is 1.51. The Morgan fingerprint density at radius 3 is 2.25 bits per heavy atom. The molecule has 2 aliphatic rings. The van der Waals surface area contributed by atoms with Gasteiger partial charge in [-0.15, -0.1) is 0 Å². The smallest absolute Gasteiger partial charge is 0.239 e. The maximum atomic E-state index is 14.4. The van der Waals surface area contributed by atoms with E-state index >= 15 is 0 Å². The number of rotatable bonds is 6. The third kappa shape index (κ3) is 3.36. The van der Waals surface area contributed by atoms with E-state index in [4.69, 9.17) is 16.3 Å². The first-order chi connectivity index (χ1) is 17.6. The molecular weight excluding hydrogens is 470 g/mol. The van der Waals surface area contributed by atoms with Gasteiger partial charge in [-0.25, -0.2) is 0 Å². The van der Waals surface area contributed by atoms with Crippen LogP contribution < -0.4 is 9.64 Å². The number of carbonyl (C=O) groups excluding carboxylic acids is 2. The van der Waals surface area contributed by atoms with E-state index in [1.165, 1.54) is 0 Å². The Morgan fingerprint density at radius 2 is 1.58 bits per heavy atom. The zero-order valence-electron chi connectivity index (χ0n) is 19.7. The van der Waals surface area contributed by atoms with Crippen LogP contribution in [0.2, 0.25) is 5.02 Å². The van der Waals surface area contributed by atoms with E-state index in [-0.39, 0.29) is 17.6 Å². The summed E-state index contributed by atoms with van der Waals surface area (Å²) in [5.41, 5.74) is 3.20. The van der Waals surface area contributed by atoms with Crippen LogP contribution >= 0.6 is 11.6 Å². The molecule has 36 heavy (non-hydrogen) atoms. The fourth-order valence-corrected chi connectivity index (χ4v) is 6.01. The van der Waals surface area contributed by atoms with Gasteiger partial charge in [0.05, 0.1) is 19.1 Å². The highest BCUT2D eigenvalue weighted by Gasteiger charge is 2.77. The van der Waals surface area contributed by atoms with Crippen molar-refractivity contribution in [3.05, 3.63) is 130 Å². The molecule has 6 rings (SSSR count). The standard InChI is InChI=1S/C31H24ClNO3/c1-36-24-15-12-21(13-16-24)27-28(29(34)22-10-6-3-7-11-22)31(27)25-18-23(32)14-17-26(25)33(30(31)35)19-20-8-4-2-5-9-20/h2-18,27-28H,19H2,1H3/t27-,28+,31-/m1/s1. The number of carbonyl (C=O) groups is 2. The number of hydrogen-bond acceptors (Lipinski definition) is 3. The summed E-state index contributed by atoms with van der Waals surface area (Å²) in [5, 5.41) is 0.550. The van der Waals surface area contributed by atoms with Crippen molar-refractivity contribution in [1.82, 2.24) is 0 Å². The van der Waals surface area contributed by atoms with Gasteiger partial charge in [0.2, 0.25) is 5.91 Å². The number of hydrogen-bond donors (Lipinski definition) is 0. The molecule has 1 spiro atoms. The third-order valence-corrected chi connectivity index (χ3v) is 7.73. The summed E-state index contributed by atoms with van der Waals surface area (Å²) in [7, 11) is 1.62. The second-order valence-electron chi connectivity index (χ2n) is 9.37. The van der Waals surface area contributed by atoms with Gasteiger partial charge in [0, 0.05) is 28.1 Å². The Labute approximate surface area is 215 Å². The monoisotopic (exact) mass is 493 g/mol. The predicted molar refractivity (Wildman–Crippen MR) is 141 cm³/mol. The number of ether oxygens (including phenoxy) is 1. The van der Waals surface area contributed by atoms with Crippen LogP contribution in [0.4, 0.5) is 5.69 Å². The molecule has 178 valence electrons. The molecule has 0 N–H and O–H groups in total. The van der Waals surface area contributed by atoms with Crippen molar-refractivity contribution >= 4 is 29.0 Å². The lowest BCUT2D eigenvalue weighted by molar-refractivity contribution is -0.120. The summed E-state index contributed by atoms with van der Waals surface area (Å²) in [6, 6.07) is 32.4. The number of benzene rings is 4. The van der Waals surface area contributed by atoms with E-state index < -0.39 is 11.3 Å². The molecule has 0 unspecified atom stereocenters. The molecule has 1 fully saturated rings. The first-order valence-electron chi connectivity index (χ1n) is 11.9. The number of halogens is 1. The number of Topliss-reactive ketones (excluding diaryl/α,β-unsaturated/α-hetero) is 1. The Hall–Kier alpha value is -3.89. The maximum absolute atomic E-state index is 14.4. The third-order valence-electron chi connectivity index (χ3n) is 7.50. The number of nitrogens with zero attached hydrogens (tertiary/aromatic N) is 1. The molecule has 4 nitrogen and oxygen atoms in total. The summed E-state index contributed by atoms with van der Waals surface area (Å²) in [5.74, 6) is -0.192. The minimum absolute atomic E-state index is 0.0303. The zero-order chi connectivity index (χ0) is 24.9. The van der Waals surface area contributed by atoms with Crippen molar-refractivity contribution in [2.75, 3.05) is 12.0 Å². The fourth-order valence-electron chi connectivity index (χ4n) is 5.84. The zero-order valence-corrected chi connectivity index (χ0v) is 20.5. The normalized spacial score (nSPS) is 21.9. The second kappa shape index (κ2) is 8.65. The molecule has 0 aromatic heterocycles. The van der Waals surface area contributed by atoms with Gasteiger partial charge in [0.15, 0.2) is 5.78 Å². The second-order valence-corrected chi connectivity index (χ2v) is 9.80. The van der Waals surface area contributed by atoms with E-state index in [0.29, 0.717) is 17.1 Å². The summed E-state index contributed by atoms with van der Waals surface area (Å²) < 4.78 is 5.35. The van der Waals surface area contributed by atoms with Gasteiger partial charge in [-0.1, -0.05) is 84.4 Å². The van der Waals surface area contributed by atoms with Gasteiger partial charge in [-0.2, -0.15) is 0 Å². The lowest BCUT2D eigenvalue weighted by Gasteiger charge is -2.18. The molecule has 1 heterocycles. The lowest BCUT2D eigenvalue weighted by Crippen LogP contribution is -2.34. The Kier molecular flexibility index (Phi) is 5.42. The highest BCUT2D eigenvalue weighted by molar-refractivity contribution is 6.31. The molecule has 0 bridgehead atoms. The van der Waals surface area contributed by atoms with E-state index in [9.17, 15) is 9.59 Å². The molecule has 4 aromatic rings. The van der Waals surface area contributed by atoms with Crippen LogP contribution in [0.5, 0.6) is 5.75 Å². The molecule has 1 saturated carbocycles. The van der Waals surface area contributed by atoms with Gasteiger partial charge in [-0.05, 0) is 47.0 Å². The maximum Gasteiger partial charge on any atom is 0.239 e. The largest absolute Gasteiger partial charge is 0.497 e. The van der Waals surface area contributed by atoms with Crippen LogP contribution in [0.3, 0.4) is 0 Å². The van der Waals surface area contributed by atoms with Crippen molar-refractivity contribution in [3.8, 4) is 5.75 Å². The van der Waals surface area contributed by atoms with Gasteiger partial charge >= 0.3 is 0 Å². The van der Waals surface area contributed by atoms with Crippen LogP contribution in [0.25, 0.3) is 0 Å². The molecule has 1 aliphatic carbocycles. The number of methoxy groups -OCH3 is 1. The van der Waals surface area contributed by atoms with Gasteiger partial charge in [-0.3, -0.25) is 9.59 Å². The molecule has 4 aromatic carbocycles. The quantitative estimate of drug-likeness (QED) is 0.291. The molecule has 1 aliphatic heterocycles. The van der Waals surface area contributed by atoms with Crippen molar-refractivity contribution in [3.63, 3.8) is 0 Å². The van der Waals surface area contributed by atoms with Crippen molar-refractivity contribution in [2.24, 2.45) is 5.92 Å².